The fourth-order valence-electron chi connectivity index (χ4n) is 1.71. The van der Waals surface area contributed by atoms with Crippen molar-refractivity contribution in [2.24, 2.45) is 0 Å². The van der Waals surface area contributed by atoms with E-state index < -0.39 is 5.97 Å². The van der Waals surface area contributed by atoms with Gasteiger partial charge in [-0.1, -0.05) is 23.8 Å². The molecule has 2 N–H and O–H groups in total. The van der Waals surface area contributed by atoms with Crippen LogP contribution in [0.25, 0.3) is 0 Å². The highest BCUT2D eigenvalue weighted by Gasteiger charge is 2.09. The van der Waals surface area contributed by atoms with Crippen LogP contribution in [0.2, 0.25) is 0 Å². The molecule has 1 aromatic carbocycles. The highest BCUT2D eigenvalue weighted by atomic mass is 16.5. The van der Waals surface area contributed by atoms with Crippen LogP contribution >= 0.6 is 0 Å². The summed E-state index contributed by atoms with van der Waals surface area (Å²) in [6.07, 6.45) is 1.21. The number of benzene rings is 1. The van der Waals surface area contributed by atoms with Gasteiger partial charge in [-0.2, -0.15) is 0 Å². The van der Waals surface area contributed by atoms with E-state index >= 15 is 0 Å². The first-order valence-corrected chi connectivity index (χ1v) is 5.81. The summed E-state index contributed by atoms with van der Waals surface area (Å²) >= 11 is 0. The molecule has 0 unspecified atom stereocenters. The van der Waals surface area contributed by atoms with Crippen LogP contribution in [0.4, 0.5) is 0 Å². The van der Waals surface area contributed by atoms with Crippen molar-refractivity contribution >= 4 is 5.97 Å². The molecule has 1 rings (SSSR count). The van der Waals surface area contributed by atoms with Gasteiger partial charge in [0, 0.05) is 24.2 Å². The molecule has 0 saturated carbocycles. The second kappa shape index (κ2) is 6.81. The van der Waals surface area contributed by atoms with E-state index in [0.29, 0.717) is 6.54 Å². The van der Waals surface area contributed by atoms with Crippen LogP contribution in [-0.4, -0.2) is 24.7 Å². The number of hydrogen-bond acceptors (Lipinski definition) is 3. The molecule has 0 aliphatic rings. The summed E-state index contributed by atoms with van der Waals surface area (Å²) in [4.78, 5) is 10.5. The normalized spacial score (nSPS) is 13.2. The number of nitrogens with one attached hydrogen (secondary N) is 1. The number of hydrogen-bond donors (Lipinski definition) is 2. The van der Waals surface area contributed by atoms with Gasteiger partial charge < -0.3 is 15.2 Å². The van der Waals surface area contributed by atoms with Crippen molar-refractivity contribution in [2.45, 2.75) is 19.9 Å². The predicted molar refractivity (Wildman–Crippen MR) is 70.8 cm³/mol. The second-order valence-electron chi connectivity index (χ2n) is 4.17. The third-order valence-corrected chi connectivity index (χ3v) is 2.66. The average Bonchev–Trinajstić information content (AvgIpc) is 2.35. The smallest absolute Gasteiger partial charge is 0.328 e. The molecule has 98 valence electrons. The molecular weight excluding hydrogens is 230 g/mol. The number of carboxylic acid groups (broad SMARTS) is 1. The lowest BCUT2D eigenvalue weighted by Crippen LogP contribution is -2.21. The van der Waals surface area contributed by atoms with Gasteiger partial charge in [-0.25, -0.2) is 4.79 Å². The minimum absolute atomic E-state index is 0.0956. The van der Waals surface area contributed by atoms with Crippen LogP contribution in [0, 0.1) is 0 Å². The maximum absolute atomic E-state index is 10.5. The summed E-state index contributed by atoms with van der Waals surface area (Å²) in [5.74, 6) is -0.0865. The molecular formula is C14H19NO3. The first-order chi connectivity index (χ1) is 8.54. The van der Waals surface area contributed by atoms with E-state index in [0.717, 1.165) is 16.9 Å². The number of aliphatic carboxylic acids is 1. The highest BCUT2D eigenvalue weighted by molar-refractivity contribution is 5.80. The Bertz CT molecular complexity index is 440. The van der Waals surface area contributed by atoms with E-state index in [9.17, 15) is 4.79 Å². The van der Waals surface area contributed by atoms with Gasteiger partial charge in [0.2, 0.25) is 0 Å². The molecule has 4 nitrogen and oxygen atoms in total. The molecule has 1 aromatic rings. The fourth-order valence-corrected chi connectivity index (χ4v) is 1.71. The Morgan fingerprint density at radius 1 is 1.50 bits per heavy atom. The summed E-state index contributed by atoms with van der Waals surface area (Å²) in [7, 11) is 1.64. The minimum Gasteiger partial charge on any atom is -0.496 e. The molecule has 0 fully saturated rings. The van der Waals surface area contributed by atoms with Crippen molar-refractivity contribution in [3.63, 3.8) is 0 Å². The highest BCUT2D eigenvalue weighted by Crippen LogP contribution is 2.24. The van der Waals surface area contributed by atoms with Gasteiger partial charge in [0.15, 0.2) is 0 Å². The number of carbonyl (C=O) groups is 1. The molecule has 4 heteroatoms. The van der Waals surface area contributed by atoms with Crippen LogP contribution in [0.1, 0.15) is 25.5 Å². The van der Waals surface area contributed by atoms with Crippen LogP contribution in [-0.2, 0) is 4.79 Å². The Morgan fingerprint density at radius 2 is 2.17 bits per heavy atom. The van der Waals surface area contributed by atoms with Crippen LogP contribution in [0.3, 0.4) is 0 Å². The quantitative estimate of drug-likeness (QED) is 0.760. The SMILES string of the molecule is COc1ccccc1[C@@H](C)NC/C(C)=C/C(=O)O. The van der Waals surface area contributed by atoms with Crippen molar-refractivity contribution in [1.29, 1.82) is 0 Å². The Labute approximate surface area is 107 Å². The van der Waals surface area contributed by atoms with Crippen molar-refractivity contribution in [2.75, 3.05) is 13.7 Å². The Morgan fingerprint density at radius 3 is 2.78 bits per heavy atom. The third-order valence-electron chi connectivity index (χ3n) is 2.66. The summed E-state index contributed by atoms with van der Waals surface area (Å²) in [6, 6.07) is 7.87. The standard InChI is InChI=1S/C14H19NO3/c1-10(8-14(16)17)9-15-11(2)12-6-4-5-7-13(12)18-3/h4-8,11,15H,9H2,1-3H3,(H,16,17)/b10-8+/t11-/m1/s1. The third kappa shape index (κ3) is 4.22. The molecule has 1 atom stereocenters. The molecule has 0 heterocycles. The Balaban J connectivity index is 2.65. The molecule has 0 spiro atoms. The van der Waals surface area contributed by atoms with E-state index in [4.69, 9.17) is 9.84 Å². The van der Waals surface area contributed by atoms with Gasteiger partial charge in [0.1, 0.15) is 5.75 Å². The molecule has 0 amide bonds. The van der Waals surface area contributed by atoms with Crippen molar-refractivity contribution < 1.29 is 14.6 Å². The zero-order chi connectivity index (χ0) is 13.5. The lowest BCUT2D eigenvalue weighted by atomic mass is 10.1. The van der Waals surface area contributed by atoms with E-state index in [1.165, 1.54) is 6.08 Å². The number of methoxy groups -OCH3 is 1. The van der Waals surface area contributed by atoms with E-state index in [1.54, 1.807) is 14.0 Å². The van der Waals surface area contributed by atoms with Crippen LogP contribution < -0.4 is 10.1 Å². The number of rotatable bonds is 6. The molecule has 0 aliphatic carbocycles. The lowest BCUT2D eigenvalue weighted by molar-refractivity contribution is -0.131. The molecule has 0 saturated heterocycles. The van der Waals surface area contributed by atoms with Gasteiger partial charge in [-0.15, -0.1) is 0 Å². The molecule has 18 heavy (non-hydrogen) atoms. The Hall–Kier alpha value is -1.81. The number of para-hydroxylation sites is 1. The van der Waals surface area contributed by atoms with Crippen molar-refractivity contribution in [1.82, 2.24) is 5.32 Å². The van der Waals surface area contributed by atoms with Gasteiger partial charge in [0.05, 0.1) is 7.11 Å². The average molecular weight is 249 g/mol. The monoisotopic (exact) mass is 249 g/mol. The summed E-state index contributed by atoms with van der Waals surface area (Å²) < 4.78 is 5.29. The minimum atomic E-state index is -0.917. The van der Waals surface area contributed by atoms with Crippen LogP contribution in [0.5, 0.6) is 5.75 Å². The number of carboxylic acids is 1. The van der Waals surface area contributed by atoms with E-state index in [1.807, 2.05) is 31.2 Å². The first kappa shape index (κ1) is 14.3. The largest absolute Gasteiger partial charge is 0.496 e. The maximum Gasteiger partial charge on any atom is 0.328 e. The summed E-state index contributed by atoms with van der Waals surface area (Å²) in [5.41, 5.74) is 1.84. The predicted octanol–water partition coefficient (Wildman–Crippen LogP) is 2.38. The topological polar surface area (TPSA) is 58.6 Å². The van der Waals surface area contributed by atoms with Crippen molar-refractivity contribution in [3.05, 3.63) is 41.5 Å². The van der Waals surface area contributed by atoms with Crippen molar-refractivity contribution in [3.8, 4) is 5.75 Å². The van der Waals surface area contributed by atoms with Gasteiger partial charge >= 0.3 is 5.97 Å². The summed E-state index contributed by atoms with van der Waals surface area (Å²) in [5, 5.41) is 11.9. The van der Waals surface area contributed by atoms with E-state index in [-0.39, 0.29) is 6.04 Å². The van der Waals surface area contributed by atoms with Crippen LogP contribution in [0.15, 0.2) is 35.9 Å². The lowest BCUT2D eigenvalue weighted by Gasteiger charge is -2.17. The molecule has 0 aromatic heterocycles. The Kier molecular flexibility index (Phi) is 5.39. The molecule has 0 radical (unpaired) electrons. The zero-order valence-corrected chi connectivity index (χ0v) is 10.9. The van der Waals surface area contributed by atoms with Gasteiger partial charge in [0.25, 0.3) is 0 Å². The fraction of sp³-hybridized carbons (Fsp3) is 0.357. The molecule has 0 aliphatic heterocycles. The first-order valence-electron chi connectivity index (χ1n) is 5.81. The molecule has 0 bridgehead atoms. The summed E-state index contributed by atoms with van der Waals surface area (Å²) in [6.45, 7) is 4.34. The zero-order valence-electron chi connectivity index (χ0n) is 10.9. The van der Waals surface area contributed by atoms with E-state index in [2.05, 4.69) is 5.32 Å². The second-order valence-corrected chi connectivity index (χ2v) is 4.17. The van der Waals surface area contributed by atoms with Gasteiger partial charge in [-0.3, -0.25) is 0 Å². The maximum atomic E-state index is 10.5. The van der Waals surface area contributed by atoms with Gasteiger partial charge in [-0.05, 0) is 19.9 Å². The number of ether oxygens (including phenoxy) is 1.